The second kappa shape index (κ2) is 13.2. The molecular formula is C30H34N6O6. The first kappa shape index (κ1) is 30.1. The summed E-state index contributed by atoms with van der Waals surface area (Å²) >= 11 is 0. The molecule has 1 aromatic heterocycles. The number of nitrogens with one attached hydrogen (secondary N) is 4. The number of H-pyrrole nitrogens is 1. The summed E-state index contributed by atoms with van der Waals surface area (Å²) in [5.41, 5.74) is 10.3. The number of carboxylic acids is 1. The van der Waals surface area contributed by atoms with E-state index in [9.17, 15) is 24.3 Å². The Morgan fingerprint density at radius 2 is 1.81 bits per heavy atom. The lowest BCUT2D eigenvalue weighted by molar-refractivity contribution is -0.467. The number of ketones is 1. The van der Waals surface area contributed by atoms with E-state index in [2.05, 4.69) is 20.8 Å². The second-order valence-electron chi connectivity index (χ2n) is 10.8. The highest BCUT2D eigenvalue weighted by Gasteiger charge is 2.49. The molecule has 2 aromatic carbocycles. The molecule has 12 nitrogen and oxygen atoms in total. The van der Waals surface area contributed by atoms with Crippen LogP contribution in [0.3, 0.4) is 0 Å². The molecule has 3 atom stereocenters. The molecule has 0 bridgehead atoms. The molecule has 0 saturated heterocycles. The fourth-order valence-electron chi connectivity index (χ4n) is 5.11. The van der Waals surface area contributed by atoms with Crippen molar-refractivity contribution in [3.63, 3.8) is 0 Å². The van der Waals surface area contributed by atoms with Gasteiger partial charge in [0, 0.05) is 29.9 Å². The number of amides is 2. The Labute approximate surface area is 242 Å². The molecule has 0 radical (unpaired) electrons. The van der Waals surface area contributed by atoms with Gasteiger partial charge in [0.2, 0.25) is 17.3 Å². The van der Waals surface area contributed by atoms with Gasteiger partial charge >= 0.3 is 5.97 Å². The van der Waals surface area contributed by atoms with Crippen molar-refractivity contribution >= 4 is 40.2 Å². The molecule has 2 amide bonds. The van der Waals surface area contributed by atoms with Gasteiger partial charge in [0.1, 0.15) is 6.04 Å². The van der Waals surface area contributed by atoms with Crippen molar-refractivity contribution in [3.05, 3.63) is 77.5 Å². The van der Waals surface area contributed by atoms with Crippen LogP contribution >= 0.6 is 0 Å². The van der Waals surface area contributed by atoms with Gasteiger partial charge < -0.3 is 36.2 Å². The van der Waals surface area contributed by atoms with Crippen molar-refractivity contribution in [1.82, 2.24) is 15.6 Å². The maximum absolute atomic E-state index is 13.7. The molecule has 1 aliphatic rings. The summed E-state index contributed by atoms with van der Waals surface area (Å²) < 4.78 is 0. The summed E-state index contributed by atoms with van der Waals surface area (Å²) in [5.74, 6) is -3.07. The zero-order valence-corrected chi connectivity index (χ0v) is 23.4. The molecule has 0 saturated carbocycles. The Balaban J connectivity index is 1.55. The number of aromatic nitrogens is 1. The third kappa shape index (κ3) is 7.06. The molecule has 4 rings (SSSR count). The number of fused-ring (bicyclic) bond motifs is 1. The number of Topliss-reactive ketones (excluding diaryl/α,β-unsaturated/α-hetero) is 1. The van der Waals surface area contributed by atoms with Crippen molar-refractivity contribution in [2.75, 3.05) is 6.54 Å². The van der Waals surface area contributed by atoms with Gasteiger partial charge in [-0.05, 0) is 23.1 Å². The van der Waals surface area contributed by atoms with E-state index in [-0.39, 0.29) is 31.1 Å². The molecule has 12 heteroatoms. The predicted octanol–water partition coefficient (Wildman–Crippen LogP) is 1.24. The maximum Gasteiger partial charge on any atom is 0.305 e. The zero-order valence-electron chi connectivity index (χ0n) is 23.4. The molecule has 42 heavy (non-hydrogen) atoms. The molecule has 2 unspecified atom stereocenters. The Bertz CT molecular complexity index is 1500. The number of carbonyl (C=O) groups is 4. The summed E-state index contributed by atoms with van der Waals surface area (Å²) in [4.78, 5) is 59.8. The van der Waals surface area contributed by atoms with E-state index in [1.807, 2.05) is 68.4 Å². The SMILES string of the molecule is CC(C)C(NC(=O)Cc1c[nH]c2ccccc12)C1=NOC(Cc2ccccc2)(C(=O)N[C@@H](CC(=O)O)C(=O)C[NH+]=[N-])C1. The fraction of sp³-hybridized carbons (Fsp3) is 0.367. The lowest BCUT2D eigenvalue weighted by atomic mass is 9.84. The van der Waals surface area contributed by atoms with Crippen LogP contribution < -0.4 is 15.7 Å². The number of benzene rings is 2. The molecule has 220 valence electrons. The summed E-state index contributed by atoms with van der Waals surface area (Å²) in [7, 11) is 0. The van der Waals surface area contributed by atoms with Crippen LogP contribution in [-0.4, -0.2) is 63.6 Å². The lowest BCUT2D eigenvalue weighted by Gasteiger charge is -2.28. The molecule has 0 fully saturated rings. The van der Waals surface area contributed by atoms with Crippen LogP contribution in [0.25, 0.3) is 16.4 Å². The highest BCUT2D eigenvalue weighted by atomic mass is 16.7. The fourth-order valence-corrected chi connectivity index (χ4v) is 5.11. The Kier molecular flexibility index (Phi) is 9.46. The van der Waals surface area contributed by atoms with Gasteiger partial charge in [-0.25, -0.2) is 0 Å². The van der Waals surface area contributed by atoms with Gasteiger partial charge in [0.05, 0.1) is 24.6 Å². The number of oxime groups is 1. The van der Waals surface area contributed by atoms with E-state index in [1.54, 1.807) is 11.3 Å². The van der Waals surface area contributed by atoms with Crippen LogP contribution in [0, 0.1) is 5.92 Å². The highest BCUT2D eigenvalue weighted by Crippen LogP contribution is 2.31. The lowest BCUT2D eigenvalue weighted by Crippen LogP contribution is -2.68. The maximum atomic E-state index is 13.7. The average Bonchev–Trinajstić information content (AvgIpc) is 3.57. The number of carboxylic acid groups (broad SMARTS) is 1. The summed E-state index contributed by atoms with van der Waals surface area (Å²) in [5, 5.41) is 21.8. The number of aliphatic carboxylic acids is 1. The second-order valence-corrected chi connectivity index (χ2v) is 10.8. The monoisotopic (exact) mass is 574 g/mol. The molecule has 0 spiro atoms. The Morgan fingerprint density at radius 3 is 2.50 bits per heavy atom. The van der Waals surface area contributed by atoms with Gasteiger partial charge in [-0.3, -0.25) is 19.2 Å². The van der Waals surface area contributed by atoms with E-state index >= 15 is 0 Å². The first-order valence-electron chi connectivity index (χ1n) is 13.7. The molecule has 1 aliphatic heterocycles. The topological polar surface area (TPSA) is 186 Å². The third-order valence-corrected chi connectivity index (χ3v) is 7.24. The van der Waals surface area contributed by atoms with Gasteiger partial charge in [0.25, 0.3) is 5.91 Å². The standard InChI is InChI=1S/C30H34N6O6/c1-18(2)28(35-26(38)12-20-16-32-22-11-7-6-10-21(20)22)24-15-30(42-36-24,14-19-8-4-3-5-9-19)29(41)34-23(13-27(39)40)25(37)17-33-31/h3-11,16,18,23,28,32-33H,12-15,17H2,1-2H3,(H,34,41)(H,35,38)(H,39,40)/t23-,28?,30?/m0/s1. The van der Waals surface area contributed by atoms with E-state index in [0.717, 1.165) is 22.0 Å². The summed E-state index contributed by atoms with van der Waals surface area (Å²) in [6.45, 7) is 3.28. The molecule has 0 aliphatic carbocycles. The van der Waals surface area contributed by atoms with Gasteiger partial charge in [-0.2, -0.15) is 0 Å². The largest absolute Gasteiger partial charge is 0.508 e. The van der Waals surface area contributed by atoms with Crippen LogP contribution in [0.2, 0.25) is 0 Å². The summed E-state index contributed by atoms with van der Waals surface area (Å²) in [6, 6.07) is 14.8. The molecule has 2 heterocycles. The van der Waals surface area contributed by atoms with Crippen molar-refractivity contribution in [2.24, 2.45) is 11.1 Å². The van der Waals surface area contributed by atoms with Crippen LogP contribution in [0.5, 0.6) is 0 Å². The van der Waals surface area contributed by atoms with Gasteiger partial charge in [0.15, 0.2) is 6.54 Å². The van der Waals surface area contributed by atoms with E-state index in [0.29, 0.717) is 5.71 Å². The normalized spacial score (nSPS) is 17.6. The van der Waals surface area contributed by atoms with Gasteiger partial charge in [-0.1, -0.05) is 67.5 Å². The smallest absolute Gasteiger partial charge is 0.305 e. The van der Waals surface area contributed by atoms with Crippen LogP contribution in [-0.2, 0) is 36.9 Å². The Hall–Kier alpha value is -4.87. The minimum Gasteiger partial charge on any atom is -0.508 e. The number of rotatable bonds is 14. The quantitative estimate of drug-likeness (QED) is 0.180. The van der Waals surface area contributed by atoms with Crippen molar-refractivity contribution in [3.8, 4) is 0 Å². The number of hydrogen-bond acceptors (Lipinski definition) is 6. The number of hydrogen-bond donors (Lipinski definition) is 5. The average molecular weight is 575 g/mol. The number of nitrogens with zero attached hydrogens (tertiary/aromatic N) is 2. The predicted molar refractivity (Wildman–Crippen MR) is 153 cm³/mol. The van der Waals surface area contributed by atoms with E-state index < -0.39 is 48.3 Å². The van der Waals surface area contributed by atoms with Crippen molar-refractivity contribution in [1.29, 1.82) is 0 Å². The van der Waals surface area contributed by atoms with Gasteiger partial charge in [-0.15, -0.1) is 0 Å². The van der Waals surface area contributed by atoms with Crippen molar-refractivity contribution in [2.45, 2.75) is 57.2 Å². The number of para-hydroxylation sites is 1. The number of aromatic amines is 1. The van der Waals surface area contributed by atoms with Crippen LogP contribution in [0.15, 0.2) is 65.9 Å². The van der Waals surface area contributed by atoms with Crippen LogP contribution in [0.1, 0.15) is 37.8 Å². The third-order valence-electron chi connectivity index (χ3n) is 7.24. The first-order chi connectivity index (χ1) is 20.1. The van der Waals surface area contributed by atoms with E-state index in [4.69, 9.17) is 10.4 Å². The minimum atomic E-state index is -1.60. The zero-order chi connectivity index (χ0) is 30.3. The van der Waals surface area contributed by atoms with E-state index in [1.165, 1.54) is 0 Å². The molecule has 3 aromatic rings. The van der Waals surface area contributed by atoms with Crippen LogP contribution in [0.4, 0.5) is 0 Å². The first-order valence-corrected chi connectivity index (χ1v) is 13.7. The summed E-state index contributed by atoms with van der Waals surface area (Å²) in [6.07, 6.45) is 1.33. The Morgan fingerprint density at radius 1 is 1.10 bits per heavy atom. The molecular weight excluding hydrogens is 540 g/mol. The molecule has 5 N–H and O–H groups in total. The minimum absolute atomic E-state index is 0.00380. The highest BCUT2D eigenvalue weighted by molar-refractivity contribution is 6.02. The number of carbonyl (C=O) groups excluding carboxylic acids is 3. The van der Waals surface area contributed by atoms with Crippen molar-refractivity contribution < 1.29 is 34.2 Å².